The number of carbonyl (C=O) groups is 2. The molecule has 2 unspecified atom stereocenters. The van der Waals surface area contributed by atoms with Gasteiger partial charge in [0, 0.05) is 4.47 Å². The molecule has 0 aliphatic carbocycles. The fourth-order valence-corrected chi connectivity index (χ4v) is 2.35. The molecule has 110 valence electrons. The maximum absolute atomic E-state index is 11.9. The summed E-state index contributed by atoms with van der Waals surface area (Å²) in [6.07, 6.45) is 0. The molecule has 7 nitrogen and oxygen atoms in total. The maximum Gasteiger partial charge on any atom is 0.319 e. The van der Waals surface area contributed by atoms with E-state index in [1.54, 1.807) is 18.2 Å². The number of nitrogens with zero attached hydrogens (tertiary/aromatic N) is 1. The third kappa shape index (κ3) is 3.71. The number of rotatable bonds is 3. The van der Waals surface area contributed by atoms with Gasteiger partial charge in [-0.25, -0.2) is 4.79 Å². The van der Waals surface area contributed by atoms with Gasteiger partial charge in [0.05, 0.1) is 30.5 Å². The van der Waals surface area contributed by atoms with Crippen LogP contribution in [0.2, 0.25) is 0 Å². The van der Waals surface area contributed by atoms with Crippen molar-refractivity contribution in [1.29, 1.82) is 5.26 Å². The van der Waals surface area contributed by atoms with E-state index in [0.717, 1.165) is 4.47 Å². The van der Waals surface area contributed by atoms with Crippen LogP contribution in [0, 0.1) is 17.2 Å². The van der Waals surface area contributed by atoms with Gasteiger partial charge in [0.2, 0.25) is 0 Å². The van der Waals surface area contributed by atoms with Crippen LogP contribution in [-0.4, -0.2) is 36.4 Å². The highest BCUT2D eigenvalue weighted by Gasteiger charge is 2.35. The van der Waals surface area contributed by atoms with Crippen LogP contribution in [0.5, 0.6) is 0 Å². The molecule has 0 saturated carbocycles. The molecule has 1 aromatic rings. The fraction of sp³-hybridized carbons (Fsp3) is 0.308. The first-order valence-electron chi connectivity index (χ1n) is 6.09. The Morgan fingerprint density at radius 3 is 2.86 bits per heavy atom. The number of hydrogen-bond acceptors (Lipinski definition) is 4. The number of amides is 2. The van der Waals surface area contributed by atoms with Crippen molar-refractivity contribution in [2.24, 2.45) is 5.92 Å². The van der Waals surface area contributed by atoms with Gasteiger partial charge in [-0.1, -0.05) is 15.9 Å². The van der Waals surface area contributed by atoms with Crippen molar-refractivity contribution in [3.8, 4) is 6.07 Å². The molecule has 21 heavy (non-hydrogen) atoms. The van der Waals surface area contributed by atoms with E-state index in [1.807, 2.05) is 6.07 Å². The van der Waals surface area contributed by atoms with Gasteiger partial charge >= 0.3 is 12.0 Å². The molecule has 0 spiro atoms. The standard InChI is InChI=1S/C13H12BrN3O4/c14-8-1-2-10(7(3-8)4-15)16-13(20)17-11-6-21-5-9(11)12(18)19/h1-3,9,11H,5-6H2,(H,18,19)(H2,16,17,20). The Balaban J connectivity index is 2.02. The number of carbonyl (C=O) groups excluding carboxylic acids is 1. The number of ether oxygens (including phenoxy) is 1. The first kappa shape index (κ1) is 15.3. The number of nitrogens with one attached hydrogen (secondary N) is 2. The fourth-order valence-electron chi connectivity index (χ4n) is 1.98. The van der Waals surface area contributed by atoms with Gasteiger partial charge in [0.1, 0.15) is 12.0 Å². The van der Waals surface area contributed by atoms with E-state index < -0.39 is 24.0 Å². The SMILES string of the molecule is N#Cc1cc(Br)ccc1NC(=O)NC1COCC1C(=O)O. The van der Waals surface area contributed by atoms with Crippen LogP contribution >= 0.6 is 15.9 Å². The largest absolute Gasteiger partial charge is 0.481 e. The summed E-state index contributed by atoms with van der Waals surface area (Å²) in [5.74, 6) is -1.78. The van der Waals surface area contributed by atoms with Crippen LogP contribution in [0.1, 0.15) is 5.56 Å². The summed E-state index contributed by atoms with van der Waals surface area (Å²) in [7, 11) is 0. The van der Waals surface area contributed by atoms with Crippen molar-refractivity contribution in [2.45, 2.75) is 6.04 Å². The van der Waals surface area contributed by atoms with Crippen LogP contribution < -0.4 is 10.6 Å². The third-order valence-corrected chi connectivity index (χ3v) is 3.56. The van der Waals surface area contributed by atoms with Crippen molar-refractivity contribution in [2.75, 3.05) is 18.5 Å². The Bertz CT molecular complexity index is 614. The van der Waals surface area contributed by atoms with Gasteiger partial charge in [0.15, 0.2) is 0 Å². The highest BCUT2D eigenvalue weighted by atomic mass is 79.9. The Morgan fingerprint density at radius 1 is 1.43 bits per heavy atom. The molecule has 3 N–H and O–H groups in total. The number of anilines is 1. The monoisotopic (exact) mass is 353 g/mol. The summed E-state index contributed by atoms with van der Waals surface area (Å²) in [6.45, 7) is 0.220. The van der Waals surface area contributed by atoms with Crippen molar-refractivity contribution in [3.63, 3.8) is 0 Å². The molecule has 1 saturated heterocycles. The third-order valence-electron chi connectivity index (χ3n) is 3.06. The topological polar surface area (TPSA) is 111 Å². The summed E-state index contributed by atoms with van der Waals surface area (Å²) in [6, 6.07) is 5.66. The van der Waals surface area contributed by atoms with E-state index in [-0.39, 0.29) is 13.2 Å². The van der Waals surface area contributed by atoms with Gasteiger partial charge in [-0.05, 0) is 18.2 Å². The van der Waals surface area contributed by atoms with Crippen LogP contribution in [0.15, 0.2) is 22.7 Å². The molecule has 2 amide bonds. The lowest BCUT2D eigenvalue weighted by atomic mass is 10.0. The Labute approximate surface area is 129 Å². The Kier molecular flexibility index (Phi) is 4.77. The van der Waals surface area contributed by atoms with E-state index >= 15 is 0 Å². The van der Waals surface area contributed by atoms with E-state index in [9.17, 15) is 9.59 Å². The van der Waals surface area contributed by atoms with Crippen LogP contribution in [0.3, 0.4) is 0 Å². The zero-order valence-electron chi connectivity index (χ0n) is 10.8. The lowest BCUT2D eigenvalue weighted by molar-refractivity contribution is -0.142. The van der Waals surface area contributed by atoms with Crippen LogP contribution in [0.4, 0.5) is 10.5 Å². The summed E-state index contributed by atoms with van der Waals surface area (Å²) in [5.41, 5.74) is 0.654. The first-order chi connectivity index (χ1) is 10.0. The molecule has 2 atom stereocenters. The number of carboxylic acids is 1. The lowest BCUT2D eigenvalue weighted by Gasteiger charge is -2.16. The molecule has 1 aliphatic rings. The zero-order chi connectivity index (χ0) is 15.4. The van der Waals surface area contributed by atoms with E-state index in [4.69, 9.17) is 15.1 Å². The molecule has 1 heterocycles. The average Bonchev–Trinajstić information content (AvgIpc) is 2.89. The molecule has 8 heteroatoms. The van der Waals surface area contributed by atoms with Gasteiger partial charge < -0.3 is 20.5 Å². The quantitative estimate of drug-likeness (QED) is 0.763. The first-order valence-corrected chi connectivity index (χ1v) is 6.88. The number of nitriles is 1. The minimum absolute atomic E-state index is 0.0714. The minimum atomic E-state index is -1.01. The van der Waals surface area contributed by atoms with Crippen LogP contribution in [-0.2, 0) is 9.53 Å². The number of carboxylic acid groups (broad SMARTS) is 1. The Morgan fingerprint density at radius 2 is 2.19 bits per heavy atom. The van der Waals surface area contributed by atoms with Crippen molar-refractivity contribution < 1.29 is 19.4 Å². The summed E-state index contributed by atoms with van der Waals surface area (Å²) in [5, 5.41) is 23.1. The predicted octanol–water partition coefficient (Wildman–Crippen LogP) is 1.54. The van der Waals surface area contributed by atoms with E-state index in [0.29, 0.717) is 11.3 Å². The Hall–Kier alpha value is -2.11. The number of urea groups is 1. The molecular formula is C13H12BrN3O4. The van der Waals surface area contributed by atoms with Crippen molar-refractivity contribution in [3.05, 3.63) is 28.2 Å². The minimum Gasteiger partial charge on any atom is -0.481 e. The number of halogens is 1. The van der Waals surface area contributed by atoms with Gasteiger partial charge in [0.25, 0.3) is 0 Å². The number of hydrogen-bond donors (Lipinski definition) is 3. The molecule has 1 aliphatic heterocycles. The molecular weight excluding hydrogens is 342 g/mol. The predicted molar refractivity (Wildman–Crippen MR) is 76.7 cm³/mol. The zero-order valence-corrected chi connectivity index (χ0v) is 12.4. The second kappa shape index (κ2) is 6.56. The summed E-state index contributed by atoms with van der Waals surface area (Å²) >= 11 is 3.24. The molecule has 0 aromatic heterocycles. The van der Waals surface area contributed by atoms with Crippen molar-refractivity contribution >= 4 is 33.6 Å². The lowest BCUT2D eigenvalue weighted by Crippen LogP contribution is -2.44. The number of aliphatic carboxylic acids is 1. The highest BCUT2D eigenvalue weighted by Crippen LogP contribution is 2.20. The van der Waals surface area contributed by atoms with Gasteiger partial charge in [-0.3, -0.25) is 4.79 Å². The molecule has 2 rings (SSSR count). The normalized spacial score (nSPS) is 20.6. The second-order valence-corrected chi connectivity index (χ2v) is 5.40. The van der Waals surface area contributed by atoms with E-state index in [1.165, 1.54) is 0 Å². The number of benzene rings is 1. The molecule has 1 fully saturated rings. The molecule has 0 bridgehead atoms. The summed E-state index contributed by atoms with van der Waals surface area (Å²) < 4.78 is 5.78. The highest BCUT2D eigenvalue weighted by molar-refractivity contribution is 9.10. The van der Waals surface area contributed by atoms with Gasteiger partial charge in [-0.2, -0.15) is 5.26 Å². The van der Waals surface area contributed by atoms with Crippen molar-refractivity contribution in [1.82, 2.24) is 5.32 Å². The van der Waals surface area contributed by atoms with Crippen LogP contribution in [0.25, 0.3) is 0 Å². The second-order valence-electron chi connectivity index (χ2n) is 4.49. The maximum atomic E-state index is 11.9. The molecule has 0 radical (unpaired) electrons. The van der Waals surface area contributed by atoms with Gasteiger partial charge in [-0.15, -0.1) is 0 Å². The van der Waals surface area contributed by atoms with E-state index in [2.05, 4.69) is 26.6 Å². The molecule has 1 aromatic carbocycles. The average molecular weight is 354 g/mol. The smallest absolute Gasteiger partial charge is 0.319 e. The summed E-state index contributed by atoms with van der Waals surface area (Å²) in [4.78, 5) is 22.9.